The van der Waals surface area contributed by atoms with Crippen LogP contribution in [-0.2, 0) is 6.42 Å². The molecule has 0 N–H and O–H groups in total. The van der Waals surface area contributed by atoms with Gasteiger partial charge in [0.2, 0.25) is 0 Å². The largest absolute Gasteiger partial charge is 0.309 e. The molecule has 0 atom stereocenters. The minimum absolute atomic E-state index is 0.0909. The first kappa shape index (κ1) is 11.9. The molecule has 0 heterocycles. The summed E-state index contributed by atoms with van der Waals surface area (Å²) in [5.74, 6) is 0. The predicted molar refractivity (Wildman–Crippen MR) is 60.4 cm³/mol. The highest BCUT2D eigenvalue weighted by atomic mass is 35.5. The van der Waals surface area contributed by atoms with Gasteiger partial charge in [0.05, 0.1) is 4.92 Å². The second kappa shape index (κ2) is 5.09. The molecule has 0 bridgehead atoms. The van der Waals surface area contributed by atoms with Crippen molar-refractivity contribution in [2.45, 2.75) is 6.42 Å². The van der Waals surface area contributed by atoms with Crippen LogP contribution in [-0.4, -0.2) is 30.5 Å². The smallest absolute Gasteiger partial charge is 0.269 e. The average Bonchev–Trinajstić information content (AvgIpc) is 2.16. The third-order valence-electron chi connectivity index (χ3n) is 2.07. The number of likely N-dealkylation sites (N-methyl/N-ethyl adjacent to an activating group) is 1. The number of hydrogen-bond acceptors (Lipinski definition) is 3. The zero-order valence-corrected chi connectivity index (χ0v) is 9.49. The van der Waals surface area contributed by atoms with Gasteiger partial charge in [0.25, 0.3) is 5.69 Å². The SMILES string of the molecule is CN(C)CCc1cc([N+](=O)[O-])ccc1Cl. The van der Waals surface area contributed by atoms with Gasteiger partial charge in [-0.05, 0) is 32.1 Å². The molecule has 0 aromatic heterocycles. The van der Waals surface area contributed by atoms with E-state index in [-0.39, 0.29) is 5.69 Å². The molecule has 15 heavy (non-hydrogen) atoms. The summed E-state index contributed by atoms with van der Waals surface area (Å²) in [6, 6.07) is 4.53. The van der Waals surface area contributed by atoms with Crippen LogP contribution in [0, 0.1) is 10.1 Å². The maximum absolute atomic E-state index is 10.6. The molecule has 0 saturated carbocycles. The average molecular weight is 229 g/mol. The van der Waals surface area contributed by atoms with Crippen LogP contribution < -0.4 is 0 Å². The van der Waals surface area contributed by atoms with Gasteiger partial charge in [-0.3, -0.25) is 10.1 Å². The van der Waals surface area contributed by atoms with Crippen molar-refractivity contribution in [3.05, 3.63) is 38.9 Å². The summed E-state index contributed by atoms with van der Waals surface area (Å²) in [5, 5.41) is 11.1. The molecule has 5 heteroatoms. The van der Waals surface area contributed by atoms with Gasteiger partial charge in [-0.25, -0.2) is 0 Å². The standard InChI is InChI=1S/C10H13ClN2O2/c1-12(2)6-5-8-7-9(13(14)15)3-4-10(8)11/h3-4,7H,5-6H2,1-2H3. The van der Waals surface area contributed by atoms with Gasteiger partial charge in [-0.1, -0.05) is 11.6 Å². The molecule has 0 aliphatic heterocycles. The van der Waals surface area contributed by atoms with Gasteiger partial charge < -0.3 is 4.90 Å². The van der Waals surface area contributed by atoms with Gasteiger partial charge in [0.15, 0.2) is 0 Å². The lowest BCUT2D eigenvalue weighted by Crippen LogP contribution is -2.15. The maximum atomic E-state index is 10.6. The predicted octanol–water partition coefficient (Wildman–Crippen LogP) is 2.35. The molecular weight excluding hydrogens is 216 g/mol. The number of halogens is 1. The fraction of sp³-hybridized carbons (Fsp3) is 0.400. The molecule has 0 fully saturated rings. The molecule has 0 spiro atoms. The van der Waals surface area contributed by atoms with Crippen LogP contribution in [0.25, 0.3) is 0 Å². The Morgan fingerprint density at radius 2 is 2.13 bits per heavy atom. The summed E-state index contributed by atoms with van der Waals surface area (Å²) in [5.41, 5.74) is 0.910. The lowest BCUT2D eigenvalue weighted by molar-refractivity contribution is -0.384. The van der Waals surface area contributed by atoms with E-state index < -0.39 is 4.92 Å². The van der Waals surface area contributed by atoms with Crippen molar-refractivity contribution in [1.82, 2.24) is 4.90 Å². The van der Waals surface area contributed by atoms with Crippen molar-refractivity contribution in [3.63, 3.8) is 0 Å². The van der Waals surface area contributed by atoms with Crippen molar-refractivity contribution >= 4 is 17.3 Å². The Morgan fingerprint density at radius 3 is 2.67 bits per heavy atom. The van der Waals surface area contributed by atoms with E-state index >= 15 is 0 Å². The van der Waals surface area contributed by atoms with Gasteiger partial charge in [-0.2, -0.15) is 0 Å². The first-order valence-corrected chi connectivity index (χ1v) is 4.96. The van der Waals surface area contributed by atoms with E-state index in [4.69, 9.17) is 11.6 Å². The zero-order chi connectivity index (χ0) is 11.4. The van der Waals surface area contributed by atoms with Crippen molar-refractivity contribution in [3.8, 4) is 0 Å². The van der Waals surface area contributed by atoms with Crippen LogP contribution in [0.15, 0.2) is 18.2 Å². The fourth-order valence-electron chi connectivity index (χ4n) is 1.21. The molecule has 1 rings (SSSR count). The molecule has 0 radical (unpaired) electrons. The number of nitro benzene ring substituents is 1. The van der Waals surface area contributed by atoms with Crippen LogP contribution in [0.2, 0.25) is 5.02 Å². The van der Waals surface area contributed by atoms with Crippen LogP contribution >= 0.6 is 11.6 Å². The maximum Gasteiger partial charge on any atom is 0.269 e. The molecule has 82 valence electrons. The van der Waals surface area contributed by atoms with E-state index in [2.05, 4.69) is 0 Å². The number of nitrogens with zero attached hydrogens (tertiary/aromatic N) is 2. The molecule has 1 aromatic rings. The quantitative estimate of drug-likeness (QED) is 0.587. The third-order valence-corrected chi connectivity index (χ3v) is 2.44. The van der Waals surface area contributed by atoms with E-state index in [9.17, 15) is 10.1 Å². The second-order valence-corrected chi connectivity index (χ2v) is 3.99. The van der Waals surface area contributed by atoms with Crippen LogP contribution in [0.3, 0.4) is 0 Å². The molecular formula is C10H13ClN2O2. The van der Waals surface area contributed by atoms with E-state index in [0.29, 0.717) is 11.4 Å². The zero-order valence-electron chi connectivity index (χ0n) is 8.74. The number of rotatable bonds is 4. The van der Waals surface area contributed by atoms with Gasteiger partial charge in [0, 0.05) is 23.7 Å². The van der Waals surface area contributed by atoms with E-state index in [1.165, 1.54) is 12.1 Å². The first-order valence-electron chi connectivity index (χ1n) is 4.58. The monoisotopic (exact) mass is 228 g/mol. The highest BCUT2D eigenvalue weighted by Crippen LogP contribution is 2.22. The van der Waals surface area contributed by atoms with Gasteiger partial charge >= 0.3 is 0 Å². The highest BCUT2D eigenvalue weighted by molar-refractivity contribution is 6.31. The Labute approximate surface area is 93.6 Å². The lowest BCUT2D eigenvalue weighted by Gasteiger charge is -2.09. The normalized spacial score (nSPS) is 10.7. The molecule has 0 saturated heterocycles. The van der Waals surface area contributed by atoms with Crippen molar-refractivity contribution < 1.29 is 4.92 Å². The summed E-state index contributed by atoms with van der Waals surface area (Å²) in [4.78, 5) is 12.2. The van der Waals surface area contributed by atoms with Crippen molar-refractivity contribution in [2.75, 3.05) is 20.6 Å². The summed E-state index contributed by atoms with van der Waals surface area (Å²) in [6.45, 7) is 0.820. The van der Waals surface area contributed by atoms with Crippen molar-refractivity contribution in [1.29, 1.82) is 0 Å². The van der Waals surface area contributed by atoms with E-state index in [1.54, 1.807) is 6.07 Å². The topological polar surface area (TPSA) is 46.4 Å². The Morgan fingerprint density at radius 1 is 1.47 bits per heavy atom. The van der Waals surface area contributed by atoms with Crippen LogP contribution in [0.1, 0.15) is 5.56 Å². The van der Waals surface area contributed by atoms with Gasteiger partial charge in [0.1, 0.15) is 0 Å². The van der Waals surface area contributed by atoms with Gasteiger partial charge in [-0.15, -0.1) is 0 Å². The Kier molecular flexibility index (Phi) is 4.05. The van der Waals surface area contributed by atoms with E-state index in [0.717, 1.165) is 12.1 Å². The molecule has 0 amide bonds. The minimum atomic E-state index is -0.407. The molecule has 0 unspecified atom stereocenters. The summed E-state index contributed by atoms with van der Waals surface area (Å²) in [7, 11) is 3.90. The van der Waals surface area contributed by atoms with Crippen molar-refractivity contribution in [2.24, 2.45) is 0 Å². The minimum Gasteiger partial charge on any atom is -0.309 e. The van der Waals surface area contributed by atoms with Crippen LogP contribution in [0.4, 0.5) is 5.69 Å². The fourth-order valence-corrected chi connectivity index (χ4v) is 1.42. The molecule has 1 aromatic carbocycles. The number of hydrogen-bond donors (Lipinski definition) is 0. The summed E-state index contributed by atoms with van der Waals surface area (Å²) in [6.07, 6.45) is 0.716. The Hall–Kier alpha value is -1.13. The van der Waals surface area contributed by atoms with E-state index in [1.807, 2.05) is 19.0 Å². The number of non-ortho nitro benzene ring substituents is 1. The molecule has 4 nitrogen and oxygen atoms in total. The van der Waals surface area contributed by atoms with Crippen LogP contribution in [0.5, 0.6) is 0 Å². The first-order chi connectivity index (χ1) is 7.00. The lowest BCUT2D eigenvalue weighted by atomic mass is 10.1. The highest BCUT2D eigenvalue weighted by Gasteiger charge is 2.09. The molecule has 0 aliphatic carbocycles. The third kappa shape index (κ3) is 3.49. The second-order valence-electron chi connectivity index (χ2n) is 3.59. The Bertz CT molecular complexity index is 366. The number of nitro groups is 1. The number of benzene rings is 1. The summed E-state index contributed by atoms with van der Waals surface area (Å²) < 4.78 is 0. The summed E-state index contributed by atoms with van der Waals surface area (Å²) >= 11 is 5.94. The Balaban J connectivity index is 2.85. The molecule has 0 aliphatic rings.